The molecular weight excluding hydrogens is 302 g/mol. The molecule has 1 aliphatic rings. The van der Waals surface area contributed by atoms with Gasteiger partial charge in [-0.25, -0.2) is 9.97 Å². The van der Waals surface area contributed by atoms with Gasteiger partial charge in [-0.3, -0.25) is 4.79 Å². The lowest BCUT2D eigenvalue weighted by Gasteiger charge is -2.33. The van der Waals surface area contributed by atoms with E-state index in [0.717, 1.165) is 44.0 Å². The van der Waals surface area contributed by atoms with Crippen LogP contribution in [-0.2, 0) is 17.8 Å². The highest BCUT2D eigenvalue weighted by Gasteiger charge is 2.25. The molecule has 0 bridgehead atoms. The molecular formula is C18H25N5O. The van der Waals surface area contributed by atoms with E-state index in [4.69, 9.17) is 0 Å². The molecule has 0 unspecified atom stereocenters. The Bertz CT molecular complexity index is 696. The maximum absolute atomic E-state index is 12.7. The van der Waals surface area contributed by atoms with Crippen molar-refractivity contribution in [2.45, 2.75) is 38.6 Å². The average molecular weight is 327 g/mol. The molecule has 1 atom stereocenters. The lowest BCUT2D eigenvalue weighted by Crippen LogP contribution is -2.41. The van der Waals surface area contributed by atoms with Crippen LogP contribution >= 0.6 is 0 Å². The minimum Gasteiger partial charge on any atom is -0.373 e. The van der Waals surface area contributed by atoms with Gasteiger partial charge in [-0.1, -0.05) is 6.92 Å². The topological polar surface area (TPSA) is 63.1 Å². The van der Waals surface area contributed by atoms with E-state index in [1.807, 2.05) is 28.9 Å². The molecule has 1 N–H and O–H groups in total. The van der Waals surface area contributed by atoms with Crippen LogP contribution in [0.2, 0.25) is 0 Å². The van der Waals surface area contributed by atoms with Gasteiger partial charge in [0.05, 0.1) is 0 Å². The van der Waals surface area contributed by atoms with Gasteiger partial charge in [-0.2, -0.15) is 0 Å². The minimum absolute atomic E-state index is 0.176. The molecule has 1 saturated heterocycles. The molecule has 0 spiro atoms. The van der Waals surface area contributed by atoms with Gasteiger partial charge in [0.2, 0.25) is 5.91 Å². The molecule has 1 aliphatic heterocycles. The average Bonchev–Trinajstić information content (AvgIpc) is 3.09. The van der Waals surface area contributed by atoms with E-state index < -0.39 is 0 Å². The summed E-state index contributed by atoms with van der Waals surface area (Å²) in [5.74, 6) is 2.40. The number of nitrogens with zero attached hydrogens (tertiary/aromatic N) is 4. The van der Waals surface area contributed by atoms with Gasteiger partial charge in [0, 0.05) is 51.1 Å². The summed E-state index contributed by atoms with van der Waals surface area (Å²) in [7, 11) is 1.87. The quantitative estimate of drug-likeness (QED) is 0.915. The second-order valence-corrected chi connectivity index (χ2v) is 6.23. The van der Waals surface area contributed by atoms with Crippen molar-refractivity contribution in [2.75, 3.05) is 25.5 Å². The zero-order valence-electron chi connectivity index (χ0n) is 14.4. The molecule has 3 rings (SSSR count). The molecule has 0 aromatic carbocycles. The van der Waals surface area contributed by atoms with Crippen LogP contribution in [0.15, 0.2) is 30.7 Å². The highest BCUT2D eigenvalue weighted by Crippen LogP contribution is 2.28. The summed E-state index contributed by atoms with van der Waals surface area (Å²) in [5.41, 5.74) is 1.25. The number of hydrogen-bond acceptors (Lipinski definition) is 4. The highest BCUT2D eigenvalue weighted by atomic mass is 16.2. The first kappa shape index (κ1) is 16.5. The number of aromatic nitrogens is 3. The fourth-order valence-electron chi connectivity index (χ4n) is 3.36. The maximum atomic E-state index is 12.7. The van der Waals surface area contributed by atoms with Crippen LogP contribution in [0.5, 0.6) is 0 Å². The fraction of sp³-hybridized carbons (Fsp3) is 0.500. The van der Waals surface area contributed by atoms with Gasteiger partial charge in [0.15, 0.2) is 0 Å². The molecule has 0 radical (unpaired) electrons. The second kappa shape index (κ2) is 7.47. The van der Waals surface area contributed by atoms with E-state index in [-0.39, 0.29) is 5.91 Å². The Morgan fingerprint density at radius 3 is 3.04 bits per heavy atom. The van der Waals surface area contributed by atoms with Crippen LogP contribution in [0.4, 0.5) is 5.82 Å². The first-order valence-corrected chi connectivity index (χ1v) is 8.62. The summed E-state index contributed by atoms with van der Waals surface area (Å²) in [5, 5.41) is 3.08. The van der Waals surface area contributed by atoms with Crippen molar-refractivity contribution in [3.8, 4) is 0 Å². The SMILES string of the molecule is CCc1nccn1CC(=O)N1CCC[C@@H](c2ccnc(NC)c2)C1. The number of carbonyl (C=O) groups excluding carboxylic acids is 1. The normalized spacial score (nSPS) is 17.8. The van der Waals surface area contributed by atoms with E-state index >= 15 is 0 Å². The molecule has 0 saturated carbocycles. The number of carbonyl (C=O) groups is 1. The smallest absolute Gasteiger partial charge is 0.242 e. The molecule has 0 aliphatic carbocycles. The van der Waals surface area contributed by atoms with Crippen LogP contribution in [0.25, 0.3) is 0 Å². The van der Waals surface area contributed by atoms with Crippen LogP contribution in [0.1, 0.15) is 37.1 Å². The Balaban J connectivity index is 1.67. The zero-order valence-corrected chi connectivity index (χ0v) is 14.4. The second-order valence-electron chi connectivity index (χ2n) is 6.23. The minimum atomic E-state index is 0.176. The number of imidazole rings is 1. The Morgan fingerprint density at radius 2 is 2.25 bits per heavy atom. The Labute approximate surface area is 142 Å². The molecule has 1 fully saturated rings. The third kappa shape index (κ3) is 3.58. The third-order valence-corrected chi connectivity index (χ3v) is 4.71. The Hall–Kier alpha value is -2.37. The van der Waals surface area contributed by atoms with Crippen LogP contribution in [0, 0.1) is 0 Å². The molecule has 128 valence electrons. The molecule has 2 aromatic heterocycles. The summed E-state index contributed by atoms with van der Waals surface area (Å²) in [6, 6.07) is 4.15. The van der Waals surface area contributed by atoms with Gasteiger partial charge in [-0.15, -0.1) is 0 Å². The van der Waals surface area contributed by atoms with Crippen molar-refractivity contribution in [2.24, 2.45) is 0 Å². The van der Waals surface area contributed by atoms with Gasteiger partial charge >= 0.3 is 0 Å². The molecule has 6 heteroatoms. The summed E-state index contributed by atoms with van der Waals surface area (Å²) < 4.78 is 1.96. The number of rotatable bonds is 5. The number of piperidine rings is 1. The number of aryl methyl sites for hydroxylation is 1. The predicted octanol–water partition coefficient (Wildman–Crippen LogP) is 2.29. The molecule has 1 amide bonds. The van der Waals surface area contributed by atoms with Crippen molar-refractivity contribution >= 4 is 11.7 Å². The van der Waals surface area contributed by atoms with E-state index in [2.05, 4.69) is 34.3 Å². The standard InChI is InChI=1S/C18H25N5O/c1-3-17-21-8-10-22(17)13-18(24)23-9-4-5-15(12-23)14-6-7-20-16(11-14)19-2/h6-8,10-11,15H,3-5,9,12-13H2,1-2H3,(H,19,20)/t15-/m1/s1. The Kier molecular flexibility index (Phi) is 5.13. The zero-order chi connectivity index (χ0) is 16.9. The van der Waals surface area contributed by atoms with Crippen molar-refractivity contribution in [1.82, 2.24) is 19.4 Å². The third-order valence-electron chi connectivity index (χ3n) is 4.71. The molecule has 3 heterocycles. The summed E-state index contributed by atoms with van der Waals surface area (Å²) in [6.45, 7) is 4.06. The van der Waals surface area contributed by atoms with Crippen molar-refractivity contribution < 1.29 is 4.79 Å². The van der Waals surface area contributed by atoms with E-state index in [9.17, 15) is 4.79 Å². The van der Waals surface area contributed by atoms with Crippen LogP contribution in [0.3, 0.4) is 0 Å². The highest BCUT2D eigenvalue weighted by molar-refractivity contribution is 5.76. The van der Waals surface area contributed by atoms with Crippen molar-refractivity contribution in [3.05, 3.63) is 42.1 Å². The molecule has 6 nitrogen and oxygen atoms in total. The van der Waals surface area contributed by atoms with E-state index in [1.54, 1.807) is 6.20 Å². The maximum Gasteiger partial charge on any atom is 0.242 e. The van der Waals surface area contributed by atoms with Crippen LogP contribution in [-0.4, -0.2) is 45.5 Å². The summed E-state index contributed by atoms with van der Waals surface area (Å²) >= 11 is 0. The molecule has 24 heavy (non-hydrogen) atoms. The lowest BCUT2D eigenvalue weighted by molar-refractivity contribution is -0.133. The number of pyridine rings is 1. The number of likely N-dealkylation sites (tertiary alicyclic amines) is 1. The summed E-state index contributed by atoms with van der Waals surface area (Å²) in [6.07, 6.45) is 8.48. The first-order valence-electron chi connectivity index (χ1n) is 8.62. The number of hydrogen-bond donors (Lipinski definition) is 1. The van der Waals surface area contributed by atoms with Gasteiger partial charge in [0.25, 0.3) is 0 Å². The Morgan fingerprint density at radius 1 is 1.38 bits per heavy atom. The monoisotopic (exact) mass is 327 g/mol. The van der Waals surface area contributed by atoms with Gasteiger partial charge < -0.3 is 14.8 Å². The van der Waals surface area contributed by atoms with Crippen LogP contribution < -0.4 is 5.32 Å². The lowest BCUT2D eigenvalue weighted by atomic mass is 9.91. The van der Waals surface area contributed by atoms with Crippen molar-refractivity contribution in [3.63, 3.8) is 0 Å². The largest absolute Gasteiger partial charge is 0.373 e. The number of nitrogens with one attached hydrogen (secondary N) is 1. The van der Waals surface area contributed by atoms with Gasteiger partial charge in [-0.05, 0) is 30.5 Å². The van der Waals surface area contributed by atoms with Crippen molar-refractivity contribution in [1.29, 1.82) is 0 Å². The number of anilines is 1. The predicted molar refractivity (Wildman–Crippen MR) is 93.9 cm³/mol. The number of amides is 1. The molecule has 2 aromatic rings. The van der Waals surface area contributed by atoms with E-state index in [1.165, 1.54) is 5.56 Å². The first-order chi connectivity index (χ1) is 11.7. The van der Waals surface area contributed by atoms with E-state index in [0.29, 0.717) is 12.5 Å². The fourth-order valence-corrected chi connectivity index (χ4v) is 3.36. The summed E-state index contributed by atoms with van der Waals surface area (Å²) in [4.78, 5) is 23.2. The van der Waals surface area contributed by atoms with Gasteiger partial charge in [0.1, 0.15) is 18.2 Å².